The molecule has 0 radical (unpaired) electrons. The lowest BCUT2D eigenvalue weighted by Crippen LogP contribution is -2.05. The molecule has 5 nitrogen and oxygen atoms in total. The molecule has 0 aromatic heterocycles. The molecule has 24 heavy (non-hydrogen) atoms. The molecule has 2 aromatic rings. The lowest BCUT2D eigenvalue weighted by molar-refractivity contribution is -0.143. The van der Waals surface area contributed by atoms with Crippen LogP contribution in [0.15, 0.2) is 53.7 Å². The van der Waals surface area contributed by atoms with Crippen LogP contribution in [0, 0.1) is 4.91 Å². The second kappa shape index (κ2) is 9.45. The zero-order valence-corrected chi connectivity index (χ0v) is 13.7. The Hall–Kier alpha value is -2.69. The number of rotatable bonds is 9. The molecule has 2 rings (SSSR count). The number of benzene rings is 2. The van der Waals surface area contributed by atoms with Gasteiger partial charge in [-0.25, -0.2) is 0 Å². The maximum Gasteiger partial charge on any atom is 0.306 e. The van der Waals surface area contributed by atoms with Crippen molar-refractivity contribution in [1.29, 1.82) is 0 Å². The van der Waals surface area contributed by atoms with Gasteiger partial charge >= 0.3 is 5.97 Å². The first kappa shape index (κ1) is 17.7. The van der Waals surface area contributed by atoms with E-state index in [9.17, 15) is 9.70 Å². The van der Waals surface area contributed by atoms with Crippen LogP contribution in [0.4, 0.5) is 0 Å². The summed E-state index contributed by atoms with van der Waals surface area (Å²) >= 11 is 0. The van der Waals surface area contributed by atoms with E-state index in [0.717, 1.165) is 22.4 Å². The molecule has 0 heterocycles. The van der Waals surface area contributed by atoms with Crippen LogP contribution in [0.3, 0.4) is 0 Å². The summed E-state index contributed by atoms with van der Waals surface area (Å²) in [6.45, 7) is 2.86. The van der Waals surface area contributed by atoms with E-state index in [1.165, 1.54) is 0 Å². The van der Waals surface area contributed by atoms with E-state index in [0.29, 0.717) is 26.1 Å². The van der Waals surface area contributed by atoms with Crippen molar-refractivity contribution < 1.29 is 14.3 Å². The van der Waals surface area contributed by atoms with Crippen molar-refractivity contribution in [3.63, 3.8) is 0 Å². The van der Waals surface area contributed by atoms with Gasteiger partial charge in [-0.3, -0.25) is 4.79 Å². The predicted molar refractivity (Wildman–Crippen MR) is 91.7 cm³/mol. The Morgan fingerprint density at radius 3 is 2.21 bits per heavy atom. The highest BCUT2D eigenvalue weighted by Crippen LogP contribution is 2.16. The number of aryl methyl sites for hydroxylation is 1. The molecule has 0 aliphatic heterocycles. The predicted octanol–water partition coefficient (Wildman–Crippen LogP) is 4.03. The minimum atomic E-state index is -0.175. The molecule has 126 valence electrons. The number of ether oxygens (including phenoxy) is 2. The largest absolute Gasteiger partial charge is 0.489 e. The van der Waals surface area contributed by atoms with Crippen molar-refractivity contribution in [2.24, 2.45) is 5.18 Å². The number of esters is 1. The zero-order valence-electron chi connectivity index (χ0n) is 13.7. The lowest BCUT2D eigenvalue weighted by Gasteiger charge is -2.08. The molecule has 0 atom stereocenters. The van der Waals surface area contributed by atoms with Gasteiger partial charge in [0.25, 0.3) is 0 Å². The number of carbonyl (C=O) groups is 1. The number of nitroso groups, excluding NO2 is 1. The second-order valence-corrected chi connectivity index (χ2v) is 5.34. The Morgan fingerprint density at radius 2 is 1.58 bits per heavy atom. The first-order valence-corrected chi connectivity index (χ1v) is 7.95. The van der Waals surface area contributed by atoms with Gasteiger partial charge in [0.15, 0.2) is 0 Å². The smallest absolute Gasteiger partial charge is 0.306 e. The van der Waals surface area contributed by atoms with E-state index in [-0.39, 0.29) is 12.5 Å². The summed E-state index contributed by atoms with van der Waals surface area (Å²) in [4.78, 5) is 21.6. The molecule has 0 N–H and O–H groups in total. The van der Waals surface area contributed by atoms with Crippen molar-refractivity contribution in [2.45, 2.75) is 32.9 Å². The van der Waals surface area contributed by atoms with E-state index in [1.54, 1.807) is 6.92 Å². The van der Waals surface area contributed by atoms with Crippen LogP contribution in [0.5, 0.6) is 5.75 Å². The fourth-order valence-corrected chi connectivity index (χ4v) is 2.21. The first-order valence-electron chi connectivity index (χ1n) is 7.95. The van der Waals surface area contributed by atoms with Gasteiger partial charge in [-0.1, -0.05) is 41.6 Å². The fourth-order valence-electron chi connectivity index (χ4n) is 2.21. The molecule has 0 aliphatic carbocycles. The Labute approximate surface area is 141 Å². The molecule has 0 bridgehead atoms. The zero-order chi connectivity index (χ0) is 17.2. The molecule has 0 spiro atoms. The van der Waals surface area contributed by atoms with E-state index in [1.807, 2.05) is 48.5 Å². The third-order valence-corrected chi connectivity index (χ3v) is 3.52. The van der Waals surface area contributed by atoms with Gasteiger partial charge in [0.05, 0.1) is 6.61 Å². The van der Waals surface area contributed by atoms with Crippen molar-refractivity contribution in [2.75, 3.05) is 6.61 Å². The Morgan fingerprint density at radius 1 is 0.958 bits per heavy atom. The summed E-state index contributed by atoms with van der Waals surface area (Å²) in [5, 5.41) is 2.86. The third kappa shape index (κ3) is 5.83. The Kier molecular flexibility index (Phi) is 6.95. The minimum Gasteiger partial charge on any atom is -0.489 e. The molecule has 0 unspecified atom stereocenters. The minimum absolute atomic E-state index is 0.175. The van der Waals surface area contributed by atoms with Gasteiger partial charge < -0.3 is 9.47 Å². The average molecular weight is 327 g/mol. The van der Waals surface area contributed by atoms with Crippen LogP contribution < -0.4 is 4.74 Å². The highest BCUT2D eigenvalue weighted by molar-refractivity contribution is 5.69. The topological polar surface area (TPSA) is 65.0 Å². The molecule has 2 aromatic carbocycles. The maximum atomic E-state index is 11.3. The van der Waals surface area contributed by atoms with Gasteiger partial charge in [0.1, 0.15) is 18.9 Å². The highest BCUT2D eigenvalue weighted by Gasteiger charge is 2.03. The van der Waals surface area contributed by atoms with Crippen LogP contribution in [-0.2, 0) is 29.1 Å². The van der Waals surface area contributed by atoms with E-state index < -0.39 is 0 Å². The monoisotopic (exact) mass is 327 g/mol. The van der Waals surface area contributed by atoms with Crippen LogP contribution >= 0.6 is 0 Å². The van der Waals surface area contributed by atoms with Gasteiger partial charge in [0, 0.05) is 6.42 Å². The SMILES string of the molecule is CCOC(=O)CCc1ccc(OCc2ccc(CN=O)cc2)cc1. The Bertz CT molecular complexity index is 650. The first-order chi connectivity index (χ1) is 11.7. The highest BCUT2D eigenvalue weighted by atomic mass is 16.5. The summed E-state index contributed by atoms with van der Waals surface area (Å²) in [6, 6.07) is 15.3. The summed E-state index contributed by atoms with van der Waals surface area (Å²) in [7, 11) is 0. The fraction of sp³-hybridized carbons (Fsp3) is 0.316. The third-order valence-electron chi connectivity index (χ3n) is 3.52. The molecular formula is C19H21NO4. The van der Waals surface area contributed by atoms with E-state index in [4.69, 9.17) is 9.47 Å². The number of carbonyl (C=O) groups excluding carboxylic acids is 1. The molecule has 0 aliphatic rings. The van der Waals surface area contributed by atoms with E-state index >= 15 is 0 Å². The molecular weight excluding hydrogens is 306 g/mol. The summed E-state index contributed by atoms with van der Waals surface area (Å²) in [6.07, 6.45) is 1.04. The van der Waals surface area contributed by atoms with E-state index in [2.05, 4.69) is 5.18 Å². The molecule has 0 amide bonds. The second-order valence-electron chi connectivity index (χ2n) is 5.34. The van der Waals surface area contributed by atoms with Crippen LogP contribution in [0.2, 0.25) is 0 Å². The van der Waals surface area contributed by atoms with Gasteiger partial charge in [-0.05, 0) is 42.2 Å². The molecule has 5 heteroatoms. The van der Waals surface area contributed by atoms with Crippen molar-refractivity contribution in [3.8, 4) is 5.75 Å². The van der Waals surface area contributed by atoms with Crippen molar-refractivity contribution in [3.05, 3.63) is 70.1 Å². The standard InChI is InChI=1S/C19H21NO4/c1-2-23-19(21)12-9-15-7-10-18(11-8-15)24-14-17-5-3-16(4-6-17)13-20-22/h3-8,10-11H,2,9,12-14H2,1H3. The average Bonchev–Trinajstić information content (AvgIpc) is 2.61. The summed E-state index contributed by atoms with van der Waals surface area (Å²) in [5.74, 6) is 0.597. The maximum absolute atomic E-state index is 11.3. The number of hydrogen-bond donors (Lipinski definition) is 0. The molecule has 0 saturated heterocycles. The quantitative estimate of drug-likeness (QED) is 0.515. The molecule has 0 saturated carbocycles. The van der Waals surface area contributed by atoms with Gasteiger partial charge in [0.2, 0.25) is 0 Å². The van der Waals surface area contributed by atoms with Crippen LogP contribution in [0.25, 0.3) is 0 Å². The summed E-state index contributed by atoms with van der Waals surface area (Å²) in [5.41, 5.74) is 2.98. The Balaban J connectivity index is 1.80. The normalized spacial score (nSPS) is 10.2. The molecule has 0 fully saturated rings. The lowest BCUT2D eigenvalue weighted by atomic mass is 10.1. The van der Waals surface area contributed by atoms with Crippen molar-refractivity contribution >= 4 is 5.97 Å². The van der Waals surface area contributed by atoms with Gasteiger partial charge in [-0.15, -0.1) is 0 Å². The number of nitrogens with zero attached hydrogens (tertiary/aromatic N) is 1. The number of hydrogen-bond acceptors (Lipinski definition) is 5. The van der Waals surface area contributed by atoms with Gasteiger partial charge in [-0.2, -0.15) is 4.91 Å². The van der Waals surface area contributed by atoms with Crippen LogP contribution in [0.1, 0.15) is 30.0 Å². The van der Waals surface area contributed by atoms with Crippen molar-refractivity contribution in [1.82, 2.24) is 0 Å². The van der Waals surface area contributed by atoms with Crippen LogP contribution in [-0.4, -0.2) is 12.6 Å². The summed E-state index contributed by atoms with van der Waals surface area (Å²) < 4.78 is 10.6.